The predicted octanol–water partition coefficient (Wildman–Crippen LogP) is 3.68. The number of rotatable bonds is 7. The number of hydrogen-bond donors (Lipinski definition) is 1. The molecule has 1 rings (SSSR count). The normalized spacial score (nSPS) is 12.8. The van der Waals surface area contributed by atoms with Crippen molar-refractivity contribution in [2.24, 2.45) is 0 Å². The maximum absolute atomic E-state index is 13.5. The lowest BCUT2D eigenvalue weighted by atomic mass is 10.1. The van der Waals surface area contributed by atoms with Crippen LogP contribution in [0.15, 0.2) is 18.2 Å². The first kappa shape index (κ1) is 15.0. The van der Waals surface area contributed by atoms with Gasteiger partial charge in [-0.3, -0.25) is 0 Å². The smallest absolute Gasteiger partial charge is 0.165 e. The van der Waals surface area contributed by atoms with E-state index in [0.29, 0.717) is 11.8 Å². The fourth-order valence-corrected chi connectivity index (χ4v) is 1.87. The third-order valence-electron chi connectivity index (χ3n) is 3.09. The van der Waals surface area contributed by atoms with Crippen molar-refractivity contribution < 1.29 is 9.13 Å². The fraction of sp³-hybridized carbons (Fsp3) is 0.600. The first-order valence-electron chi connectivity index (χ1n) is 6.73. The lowest BCUT2D eigenvalue weighted by Gasteiger charge is -2.20. The van der Waals surface area contributed by atoms with Crippen LogP contribution in [0.3, 0.4) is 0 Å². The molecule has 1 N–H and O–H groups in total. The highest BCUT2D eigenvalue weighted by molar-refractivity contribution is 5.29. The SMILES string of the molecule is CCC(CC)NCC(C)Oc1cc(C)ccc1F. The van der Waals surface area contributed by atoms with Crippen molar-refractivity contribution in [2.45, 2.75) is 52.7 Å². The Kier molecular flexibility index (Phi) is 6.13. The van der Waals surface area contributed by atoms with E-state index in [2.05, 4.69) is 19.2 Å². The molecule has 3 heteroatoms. The molecule has 1 unspecified atom stereocenters. The maximum Gasteiger partial charge on any atom is 0.165 e. The zero-order chi connectivity index (χ0) is 13.5. The van der Waals surface area contributed by atoms with Crippen molar-refractivity contribution in [2.75, 3.05) is 6.54 Å². The highest BCUT2D eigenvalue weighted by atomic mass is 19.1. The second-order valence-corrected chi connectivity index (χ2v) is 4.78. The molecule has 102 valence electrons. The van der Waals surface area contributed by atoms with E-state index < -0.39 is 0 Å². The summed E-state index contributed by atoms with van der Waals surface area (Å²) in [5, 5.41) is 3.43. The summed E-state index contributed by atoms with van der Waals surface area (Å²) in [5.74, 6) is 0.0452. The second kappa shape index (κ2) is 7.37. The van der Waals surface area contributed by atoms with E-state index in [1.807, 2.05) is 13.8 Å². The van der Waals surface area contributed by atoms with Gasteiger partial charge < -0.3 is 10.1 Å². The zero-order valence-electron chi connectivity index (χ0n) is 11.8. The second-order valence-electron chi connectivity index (χ2n) is 4.78. The van der Waals surface area contributed by atoms with E-state index in [1.54, 1.807) is 12.1 Å². The molecule has 0 saturated carbocycles. The Morgan fingerprint density at radius 3 is 2.56 bits per heavy atom. The summed E-state index contributed by atoms with van der Waals surface area (Å²) >= 11 is 0. The van der Waals surface area contributed by atoms with Crippen LogP contribution in [0.1, 0.15) is 39.2 Å². The Morgan fingerprint density at radius 1 is 1.28 bits per heavy atom. The minimum absolute atomic E-state index is 0.0399. The lowest BCUT2D eigenvalue weighted by Crippen LogP contribution is -2.36. The van der Waals surface area contributed by atoms with Crippen molar-refractivity contribution in [3.8, 4) is 5.75 Å². The van der Waals surface area contributed by atoms with E-state index in [-0.39, 0.29) is 11.9 Å². The molecule has 0 aliphatic rings. The number of ether oxygens (including phenoxy) is 1. The van der Waals surface area contributed by atoms with Crippen LogP contribution in [0.25, 0.3) is 0 Å². The molecular weight excluding hydrogens is 229 g/mol. The first-order valence-corrected chi connectivity index (χ1v) is 6.73. The number of halogens is 1. The molecule has 1 atom stereocenters. The Labute approximate surface area is 110 Å². The quantitative estimate of drug-likeness (QED) is 0.800. The van der Waals surface area contributed by atoms with Gasteiger partial charge in [-0.05, 0) is 44.4 Å². The summed E-state index contributed by atoms with van der Waals surface area (Å²) in [7, 11) is 0. The van der Waals surface area contributed by atoms with Gasteiger partial charge in [-0.25, -0.2) is 4.39 Å². The van der Waals surface area contributed by atoms with Gasteiger partial charge in [-0.2, -0.15) is 0 Å². The van der Waals surface area contributed by atoms with Gasteiger partial charge in [0, 0.05) is 12.6 Å². The van der Waals surface area contributed by atoms with Crippen molar-refractivity contribution in [1.29, 1.82) is 0 Å². The van der Waals surface area contributed by atoms with Crippen molar-refractivity contribution in [3.63, 3.8) is 0 Å². The molecule has 0 fully saturated rings. The Balaban J connectivity index is 2.48. The standard InChI is InChI=1S/C15H24FNO/c1-5-13(6-2)17-10-12(4)18-15-9-11(3)7-8-14(15)16/h7-9,12-13,17H,5-6,10H2,1-4H3. The topological polar surface area (TPSA) is 21.3 Å². The number of hydrogen-bond acceptors (Lipinski definition) is 2. The van der Waals surface area contributed by atoms with Gasteiger partial charge in [0.05, 0.1) is 0 Å². The summed E-state index contributed by atoms with van der Waals surface area (Å²) in [6, 6.07) is 5.45. The van der Waals surface area contributed by atoms with Crippen LogP contribution in [-0.2, 0) is 0 Å². The molecule has 1 aromatic carbocycles. The highest BCUT2D eigenvalue weighted by Crippen LogP contribution is 2.19. The van der Waals surface area contributed by atoms with Crippen LogP contribution in [-0.4, -0.2) is 18.7 Å². The molecular formula is C15H24FNO. The summed E-state index contributed by atoms with van der Waals surface area (Å²) in [6.45, 7) is 8.94. The number of benzene rings is 1. The van der Waals surface area contributed by atoms with Crippen LogP contribution in [0.5, 0.6) is 5.75 Å². The van der Waals surface area contributed by atoms with Gasteiger partial charge in [-0.1, -0.05) is 19.9 Å². The van der Waals surface area contributed by atoms with Gasteiger partial charge in [0.25, 0.3) is 0 Å². The summed E-state index contributed by atoms with van der Waals surface area (Å²) in [5.41, 5.74) is 1.01. The minimum atomic E-state index is -0.296. The average Bonchev–Trinajstić information content (AvgIpc) is 2.35. The van der Waals surface area contributed by atoms with Gasteiger partial charge >= 0.3 is 0 Å². The lowest BCUT2D eigenvalue weighted by molar-refractivity contribution is 0.201. The zero-order valence-corrected chi connectivity index (χ0v) is 11.8. The monoisotopic (exact) mass is 253 g/mol. The fourth-order valence-electron chi connectivity index (χ4n) is 1.87. The average molecular weight is 253 g/mol. The molecule has 1 aromatic rings. The summed E-state index contributed by atoms with van der Waals surface area (Å²) in [4.78, 5) is 0. The third kappa shape index (κ3) is 4.65. The molecule has 0 radical (unpaired) electrons. The Bertz CT molecular complexity index is 364. The number of aryl methyl sites for hydroxylation is 1. The molecule has 0 bridgehead atoms. The molecule has 0 amide bonds. The third-order valence-corrected chi connectivity index (χ3v) is 3.09. The van der Waals surface area contributed by atoms with Crippen LogP contribution < -0.4 is 10.1 Å². The van der Waals surface area contributed by atoms with E-state index in [1.165, 1.54) is 6.07 Å². The molecule has 0 saturated heterocycles. The first-order chi connectivity index (χ1) is 8.56. The molecule has 0 spiro atoms. The Hall–Kier alpha value is -1.09. The van der Waals surface area contributed by atoms with Gasteiger partial charge in [0.1, 0.15) is 6.10 Å². The maximum atomic E-state index is 13.5. The van der Waals surface area contributed by atoms with E-state index >= 15 is 0 Å². The van der Waals surface area contributed by atoms with Crippen LogP contribution in [0, 0.1) is 12.7 Å². The Morgan fingerprint density at radius 2 is 1.94 bits per heavy atom. The van der Waals surface area contributed by atoms with E-state index in [4.69, 9.17) is 4.74 Å². The largest absolute Gasteiger partial charge is 0.486 e. The van der Waals surface area contributed by atoms with Crippen molar-refractivity contribution in [3.05, 3.63) is 29.6 Å². The van der Waals surface area contributed by atoms with Crippen molar-refractivity contribution in [1.82, 2.24) is 5.32 Å². The molecule has 2 nitrogen and oxygen atoms in total. The molecule has 0 aliphatic heterocycles. The molecule has 0 aliphatic carbocycles. The number of nitrogens with one attached hydrogen (secondary N) is 1. The van der Waals surface area contributed by atoms with Crippen molar-refractivity contribution >= 4 is 0 Å². The van der Waals surface area contributed by atoms with Crippen LogP contribution in [0.4, 0.5) is 4.39 Å². The molecule has 18 heavy (non-hydrogen) atoms. The van der Waals surface area contributed by atoms with Crippen LogP contribution in [0.2, 0.25) is 0 Å². The van der Waals surface area contributed by atoms with Gasteiger partial charge in [0.15, 0.2) is 11.6 Å². The van der Waals surface area contributed by atoms with E-state index in [9.17, 15) is 4.39 Å². The summed E-state index contributed by atoms with van der Waals surface area (Å²) < 4.78 is 19.1. The molecule has 0 heterocycles. The highest BCUT2D eigenvalue weighted by Gasteiger charge is 2.10. The minimum Gasteiger partial charge on any atom is -0.486 e. The van der Waals surface area contributed by atoms with E-state index in [0.717, 1.165) is 24.9 Å². The predicted molar refractivity (Wildman–Crippen MR) is 73.6 cm³/mol. The van der Waals surface area contributed by atoms with Gasteiger partial charge in [-0.15, -0.1) is 0 Å². The van der Waals surface area contributed by atoms with Gasteiger partial charge in [0.2, 0.25) is 0 Å². The molecule has 0 aromatic heterocycles. The van der Waals surface area contributed by atoms with Crippen LogP contribution >= 0.6 is 0 Å². The summed E-state index contributed by atoms with van der Waals surface area (Å²) in [6.07, 6.45) is 2.16.